The average molecular weight is 526 g/mol. The topological polar surface area (TPSA) is 90.9 Å². The van der Waals surface area contributed by atoms with Crippen molar-refractivity contribution in [1.82, 2.24) is 24.4 Å². The van der Waals surface area contributed by atoms with Crippen LogP contribution in [0.25, 0.3) is 16.9 Å². The van der Waals surface area contributed by atoms with E-state index in [0.29, 0.717) is 35.3 Å². The van der Waals surface area contributed by atoms with Crippen LogP contribution >= 0.6 is 0 Å². The van der Waals surface area contributed by atoms with Crippen LogP contribution in [0.1, 0.15) is 64.0 Å². The molecule has 1 aliphatic carbocycles. The molecule has 0 unspecified atom stereocenters. The van der Waals surface area contributed by atoms with Crippen LogP contribution in [0.15, 0.2) is 30.9 Å². The third kappa shape index (κ3) is 4.16. The molecule has 200 valence electrons. The zero-order valence-electron chi connectivity index (χ0n) is 21.8. The van der Waals surface area contributed by atoms with E-state index in [1.54, 1.807) is 25.3 Å². The smallest absolute Gasteiger partial charge is 0.349 e. The van der Waals surface area contributed by atoms with Crippen LogP contribution < -0.4 is 4.90 Å². The summed E-state index contributed by atoms with van der Waals surface area (Å²) in [7, 11) is 0. The molecule has 5 rings (SSSR count). The van der Waals surface area contributed by atoms with Crippen molar-refractivity contribution in [2.75, 3.05) is 18.0 Å². The molecule has 4 heterocycles. The monoisotopic (exact) mass is 525 g/mol. The zero-order valence-corrected chi connectivity index (χ0v) is 21.8. The third-order valence-electron chi connectivity index (χ3n) is 8.02. The number of anilines is 1. The summed E-state index contributed by atoms with van der Waals surface area (Å²) in [6.07, 6.45) is 3.67. The highest BCUT2D eigenvalue weighted by Gasteiger charge is 2.55. The Morgan fingerprint density at radius 1 is 1.11 bits per heavy atom. The number of pyridine rings is 1. The first-order valence-corrected chi connectivity index (χ1v) is 12.8. The first-order valence-electron chi connectivity index (χ1n) is 12.8. The predicted octanol–water partition coefficient (Wildman–Crippen LogP) is 4.97. The lowest BCUT2D eigenvalue weighted by molar-refractivity contribution is -0.218. The molecule has 0 N–H and O–H groups in total. The van der Waals surface area contributed by atoms with Crippen LogP contribution in [0, 0.1) is 16.7 Å². The highest BCUT2D eigenvalue weighted by Crippen LogP contribution is 2.44. The number of halogens is 3. The van der Waals surface area contributed by atoms with Crippen molar-refractivity contribution in [3.8, 4) is 11.9 Å². The maximum absolute atomic E-state index is 13.6. The number of carbonyl (C=O) groups excluding carboxylic acids is 1. The van der Waals surface area contributed by atoms with Gasteiger partial charge in [-0.2, -0.15) is 18.4 Å². The van der Waals surface area contributed by atoms with Gasteiger partial charge in [0.15, 0.2) is 5.65 Å². The zero-order chi connectivity index (χ0) is 27.4. The number of amides is 1. The Kier molecular flexibility index (Phi) is 6.32. The lowest BCUT2D eigenvalue weighted by Gasteiger charge is -2.47. The predicted molar refractivity (Wildman–Crippen MR) is 136 cm³/mol. The van der Waals surface area contributed by atoms with Crippen molar-refractivity contribution >= 4 is 22.8 Å². The molecule has 0 spiro atoms. The number of nitriles is 1. The van der Waals surface area contributed by atoms with Crippen molar-refractivity contribution in [2.45, 2.75) is 71.1 Å². The first kappa shape index (κ1) is 25.9. The van der Waals surface area contributed by atoms with Crippen molar-refractivity contribution < 1.29 is 18.0 Å². The van der Waals surface area contributed by atoms with Gasteiger partial charge in [-0.15, -0.1) is 0 Å². The van der Waals surface area contributed by atoms with Crippen molar-refractivity contribution in [2.24, 2.45) is 5.41 Å². The Labute approximate surface area is 219 Å². The summed E-state index contributed by atoms with van der Waals surface area (Å²) in [5.41, 5.74) is -0.217. The number of piperazine rings is 1. The van der Waals surface area contributed by atoms with E-state index in [2.05, 4.69) is 25.9 Å². The van der Waals surface area contributed by atoms with E-state index in [4.69, 9.17) is 0 Å². The molecule has 1 amide bonds. The lowest BCUT2D eigenvalue weighted by atomic mass is 9.80. The lowest BCUT2D eigenvalue weighted by Crippen LogP contribution is -2.62. The van der Waals surface area contributed by atoms with Crippen LogP contribution in [-0.4, -0.2) is 61.7 Å². The maximum Gasteiger partial charge on any atom is 0.402 e. The highest BCUT2D eigenvalue weighted by atomic mass is 19.4. The van der Waals surface area contributed by atoms with Crippen molar-refractivity contribution in [3.05, 3.63) is 42.0 Å². The van der Waals surface area contributed by atoms with E-state index < -0.39 is 23.5 Å². The molecular weight excluding hydrogens is 495 g/mol. The second-order valence-electron chi connectivity index (χ2n) is 10.9. The van der Waals surface area contributed by atoms with Crippen molar-refractivity contribution in [1.29, 1.82) is 5.26 Å². The van der Waals surface area contributed by atoms with Gasteiger partial charge in [-0.1, -0.05) is 6.42 Å². The molecule has 1 saturated carbocycles. The second kappa shape index (κ2) is 9.26. The van der Waals surface area contributed by atoms with E-state index in [1.165, 1.54) is 11.2 Å². The van der Waals surface area contributed by atoms with Crippen molar-refractivity contribution in [3.63, 3.8) is 0 Å². The minimum Gasteiger partial charge on any atom is -0.349 e. The summed E-state index contributed by atoms with van der Waals surface area (Å²) < 4.78 is 42.8. The number of rotatable bonds is 4. The second-order valence-corrected chi connectivity index (χ2v) is 10.9. The van der Waals surface area contributed by atoms with Gasteiger partial charge >= 0.3 is 6.18 Å². The number of hydrogen-bond acceptors (Lipinski definition) is 6. The quantitative estimate of drug-likeness (QED) is 0.478. The molecule has 0 bridgehead atoms. The largest absolute Gasteiger partial charge is 0.402 e. The number of hydrogen-bond donors (Lipinski definition) is 0. The number of nitrogens with zero attached hydrogens (tertiary/aromatic N) is 7. The number of carbonyl (C=O) groups is 1. The standard InChI is InChI=1S/C27H30F3N7O/c1-16-13-36(25(38)26(3,4)27(28,29)30)17(2)12-35(16)23-22-20(19-6-5-7-19)14-37(24(22)34-15-33-23)21-10-18(11-31)8-9-32-21/h8-10,14-17,19H,5-7,12-13H2,1-4H3/t16-,17+/m0/s1. The minimum absolute atomic E-state index is 0.149. The van der Waals surface area contributed by atoms with Gasteiger partial charge in [0, 0.05) is 37.6 Å². The number of fused-ring (bicyclic) bond motifs is 1. The van der Waals surface area contributed by atoms with E-state index in [-0.39, 0.29) is 12.6 Å². The fourth-order valence-corrected chi connectivity index (χ4v) is 5.30. The van der Waals surface area contributed by atoms with Gasteiger partial charge in [-0.3, -0.25) is 9.36 Å². The van der Waals surface area contributed by atoms with Crippen LogP contribution in [0.2, 0.25) is 0 Å². The molecule has 0 radical (unpaired) electrons. The SMILES string of the molecule is C[C@@H]1CN(c2ncnc3c2c(C2CCC2)cn3-c2cc(C#N)ccn2)[C@@H](C)CN1C(=O)C(C)(C)C(F)(F)F. The van der Waals surface area contributed by atoms with Gasteiger partial charge in [-0.05, 0) is 64.2 Å². The summed E-state index contributed by atoms with van der Waals surface area (Å²) in [6.45, 7) is 6.04. The molecule has 1 saturated heterocycles. The number of alkyl halides is 3. The molecule has 2 fully saturated rings. The van der Waals surface area contributed by atoms with Gasteiger partial charge in [0.25, 0.3) is 0 Å². The molecule has 2 atom stereocenters. The summed E-state index contributed by atoms with van der Waals surface area (Å²) >= 11 is 0. The third-order valence-corrected chi connectivity index (χ3v) is 8.02. The van der Waals surface area contributed by atoms with Crippen LogP contribution in [0.5, 0.6) is 0 Å². The van der Waals surface area contributed by atoms with Gasteiger partial charge in [0.1, 0.15) is 23.4 Å². The molecule has 3 aromatic rings. The molecule has 11 heteroatoms. The average Bonchev–Trinajstić information content (AvgIpc) is 3.22. The van der Waals surface area contributed by atoms with Crippen LogP contribution in [0.4, 0.5) is 19.0 Å². The van der Waals surface area contributed by atoms with Crippen LogP contribution in [0.3, 0.4) is 0 Å². The highest BCUT2D eigenvalue weighted by molar-refractivity contribution is 5.93. The molecule has 2 aliphatic rings. The fourth-order valence-electron chi connectivity index (χ4n) is 5.30. The van der Waals surface area contributed by atoms with Gasteiger partial charge in [0.2, 0.25) is 5.91 Å². The van der Waals surface area contributed by atoms with E-state index >= 15 is 0 Å². The summed E-state index contributed by atoms with van der Waals surface area (Å²) in [6, 6.07) is 4.78. The Morgan fingerprint density at radius 3 is 2.47 bits per heavy atom. The summed E-state index contributed by atoms with van der Waals surface area (Å²) in [5.74, 6) is 0.705. The van der Waals surface area contributed by atoms with Gasteiger partial charge in [-0.25, -0.2) is 15.0 Å². The molecule has 1 aliphatic heterocycles. The number of aromatic nitrogens is 4. The molecular formula is C27H30F3N7O. The Morgan fingerprint density at radius 2 is 1.84 bits per heavy atom. The molecule has 0 aromatic carbocycles. The maximum atomic E-state index is 13.6. The minimum atomic E-state index is -4.64. The Bertz CT molecular complexity index is 1420. The van der Waals surface area contributed by atoms with Gasteiger partial charge in [0.05, 0.1) is 17.0 Å². The van der Waals surface area contributed by atoms with Crippen LogP contribution in [-0.2, 0) is 4.79 Å². The fraction of sp³-hybridized carbons (Fsp3) is 0.519. The first-order chi connectivity index (χ1) is 17.9. The van der Waals surface area contributed by atoms with E-state index in [0.717, 1.165) is 44.1 Å². The summed E-state index contributed by atoms with van der Waals surface area (Å²) in [4.78, 5) is 30.2. The normalized spacial score (nSPS) is 20.9. The molecule has 38 heavy (non-hydrogen) atoms. The molecule has 8 nitrogen and oxygen atoms in total. The van der Waals surface area contributed by atoms with E-state index in [9.17, 15) is 23.2 Å². The summed E-state index contributed by atoms with van der Waals surface area (Å²) in [5, 5.41) is 10.3. The molecule has 3 aromatic heterocycles. The van der Waals surface area contributed by atoms with Gasteiger partial charge < -0.3 is 9.80 Å². The Balaban J connectivity index is 1.55. The Hall–Kier alpha value is -3.68. The van der Waals surface area contributed by atoms with E-state index in [1.807, 2.05) is 17.7 Å².